The number of rotatable bonds is 3. The third kappa shape index (κ3) is 2.16. The zero-order valence-corrected chi connectivity index (χ0v) is 11.2. The standard InChI is InChI=1S/C12H19N5O2/c1-3-17-10(9(13)7(2)15-17)12(19)16-6-4-5-8(16)11(14)18/h8H,3-6,13H2,1-2H3,(H2,14,18). The lowest BCUT2D eigenvalue weighted by Gasteiger charge is -2.22. The molecule has 7 nitrogen and oxygen atoms in total. The molecule has 1 unspecified atom stereocenters. The van der Waals surface area contributed by atoms with Gasteiger partial charge in [-0.1, -0.05) is 0 Å². The molecule has 0 saturated carbocycles. The Morgan fingerprint density at radius 1 is 1.47 bits per heavy atom. The SMILES string of the molecule is CCn1nc(C)c(N)c1C(=O)N1CCCC1C(N)=O. The van der Waals surface area contributed by atoms with Crippen LogP contribution in [0.25, 0.3) is 0 Å². The molecular formula is C12H19N5O2. The normalized spacial score (nSPS) is 18.8. The van der Waals surface area contributed by atoms with Crippen molar-refractivity contribution in [3.8, 4) is 0 Å². The van der Waals surface area contributed by atoms with Crippen LogP contribution in [0.4, 0.5) is 5.69 Å². The molecule has 0 radical (unpaired) electrons. The second kappa shape index (κ2) is 4.91. The molecular weight excluding hydrogens is 246 g/mol. The molecule has 4 N–H and O–H groups in total. The minimum Gasteiger partial charge on any atom is -0.395 e. The molecule has 1 aromatic rings. The summed E-state index contributed by atoms with van der Waals surface area (Å²) in [4.78, 5) is 25.4. The number of anilines is 1. The van der Waals surface area contributed by atoms with Gasteiger partial charge in [-0.25, -0.2) is 0 Å². The summed E-state index contributed by atoms with van der Waals surface area (Å²) in [6.45, 7) is 4.72. The van der Waals surface area contributed by atoms with E-state index in [9.17, 15) is 9.59 Å². The van der Waals surface area contributed by atoms with Gasteiger partial charge in [-0.3, -0.25) is 14.3 Å². The quantitative estimate of drug-likeness (QED) is 0.794. The average molecular weight is 265 g/mol. The highest BCUT2D eigenvalue weighted by Crippen LogP contribution is 2.24. The molecule has 1 aliphatic rings. The van der Waals surface area contributed by atoms with Gasteiger partial charge >= 0.3 is 0 Å². The van der Waals surface area contributed by atoms with Gasteiger partial charge in [-0.2, -0.15) is 5.10 Å². The number of aryl methyl sites for hydroxylation is 2. The summed E-state index contributed by atoms with van der Waals surface area (Å²) < 4.78 is 1.57. The minimum atomic E-state index is -0.535. The fraction of sp³-hybridized carbons (Fsp3) is 0.583. The van der Waals surface area contributed by atoms with Crippen LogP contribution in [-0.4, -0.2) is 39.1 Å². The van der Waals surface area contributed by atoms with Crippen LogP contribution in [0.15, 0.2) is 0 Å². The lowest BCUT2D eigenvalue weighted by Crippen LogP contribution is -2.44. The molecule has 7 heteroatoms. The van der Waals surface area contributed by atoms with Crippen LogP contribution in [0.2, 0.25) is 0 Å². The number of hydrogen-bond acceptors (Lipinski definition) is 4. The van der Waals surface area contributed by atoms with Crippen molar-refractivity contribution < 1.29 is 9.59 Å². The van der Waals surface area contributed by atoms with Gasteiger partial charge < -0.3 is 16.4 Å². The Bertz CT molecular complexity index is 522. The summed E-state index contributed by atoms with van der Waals surface area (Å²) in [7, 11) is 0. The Morgan fingerprint density at radius 2 is 2.16 bits per heavy atom. The van der Waals surface area contributed by atoms with Gasteiger partial charge in [0.25, 0.3) is 5.91 Å². The van der Waals surface area contributed by atoms with Gasteiger partial charge in [0.05, 0.1) is 11.4 Å². The first kappa shape index (κ1) is 13.4. The number of likely N-dealkylation sites (tertiary alicyclic amines) is 1. The molecule has 0 spiro atoms. The summed E-state index contributed by atoms with van der Waals surface area (Å²) in [5, 5.41) is 4.22. The summed E-state index contributed by atoms with van der Waals surface area (Å²) in [6, 6.07) is -0.535. The molecule has 1 fully saturated rings. The van der Waals surface area contributed by atoms with Crippen molar-refractivity contribution in [2.75, 3.05) is 12.3 Å². The maximum Gasteiger partial charge on any atom is 0.274 e. The molecule has 19 heavy (non-hydrogen) atoms. The molecule has 0 bridgehead atoms. The van der Waals surface area contributed by atoms with Gasteiger partial charge in [0.1, 0.15) is 11.7 Å². The predicted octanol–water partition coefficient (Wildman–Crippen LogP) is -0.116. The maximum absolute atomic E-state index is 12.6. The summed E-state index contributed by atoms with van der Waals surface area (Å²) in [6.07, 6.45) is 1.39. The van der Waals surface area contributed by atoms with E-state index < -0.39 is 11.9 Å². The zero-order chi connectivity index (χ0) is 14.2. The van der Waals surface area contributed by atoms with Crippen molar-refractivity contribution in [3.05, 3.63) is 11.4 Å². The van der Waals surface area contributed by atoms with Crippen molar-refractivity contribution in [3.63, 3.8) is 0 Å². The summed E-state index contributed by atoms with van der Waals surface area (Å²) in [5.74, 6) is -0.732. The number of nitrogen functional groups attached to an aromatic ring is 1. The summed E-state index contributed by atoms with van der Waals surface area (Å²) >= 11 is 0. The van der Waals surface area contributed by atoms with E-state index in [4.69, 9.17) is 11.5 Å². The fourth-order valence-electron chi connectivity index (χ4n) is 2.49. The topological polar surface area (TPSA) is 107 Å². The van der Waals surface area contributed by atoms with E-state index in [1.165, 1.54) is 4.90 Å². The monoisotopic (exact) mass is 265 g/mol. The zero-order valence-electron chi connectivity index (χ0n) is 11.2. The van der Waals surface area contributed by atoms with Crippen LogP contribution >= 0.6 is 0 Å². The second-order valence-electron chi connectivity index (χ2n) is 4.72. The van der Waals surface area contributed by atoms with Crippen LogP contribution in [0.3, 0.4) is 0 Å². The van der Waals surface area contributed by atoms with E-state index in [-0.39, 0.29) is 5.91 Å². The number of nitrogens with two attached hydrogens (primary N) is 2. The highest BCUT2D eigenvalue weighted by atomic mass is 16.2. The Morgan fingerprint density at radius 3 is 2.74 bits per heavy atom. The van der Waals surface area contributed by atoms with E-state index >= 15 is 0 Å². The van der Waals surface area contributed by atoms with Crippen LogP contribution < -0.4 is 11.5 Å². The maximum atomic E-state index is 12.6. The Balaban J connectivity index is 2.36. The van der Waals surface area contributed by atoms with Crippen LogP contribution in [-0.2, 0) is 11.3 Å². The van der Waals surface area contributed by atoms with Gasteiger partial charge in [0, 0.05) is 13.1 Å². The Kier molecular flexibility index (Phi) is 3.46. The van der Waals surface area contributed by atoms with Crippen molar-refractivity contribution in [1.29, 1.82) is 0 Å². The molecule has 1 aliphatic heterocycles. The molecule has 0 aliphatic carbocycles. The summed E-state index contributed by atoms with van der Waals surface area (Å²) in [5.41, 5.74) is 12.6. The lowest BCUT2D eigenvalue weighted by atomic mass is 10.2. The average Bonchev–Trinajstić information content (AvgIpc) is 2.95. The van der Waals surface area contributed by atoms with Crippen molar-refractivity contribution in [1.82, 2.24) is 14.7 Å². The van der Waals surface area contributed by atoms with Crippen molar-refractivity contribution in [2.24, 2.45) is 5.73 Å². The third-order valence-corrected chi connectivity index (χ3v) is 3.52. The number of nitrogens with zero attached hydrogens (tertiary/aromatic N) is 3. The third-order valence-electron chi connectivity index (χ3n) is 3.52. The number of primary amides is 1. The van der Waals surface area contributed by atoms with E-state index in [1.807, 2.05) is 6.92 Å². The first-order valence-corrected chi connectivity index (χ1v) is 6.40. The van der Waals surface area contributed by atoms with Gasteiger partial charge in [0.15, 0.2) is 0 Å². The van der Waals surface area contributed by atoms with Crippen molar-refractivity contribution in [2.45, 2.75) is 39.3 Å². The van der Waals surface area contributed by atoms with E-state index in [0.717, 1.165) is 6.42 Å². The smallest absolute Gasteiger partial charge is 0.274 e. The number of amides is 2. The van der Waals surface area contributed by atoms with Crippen LogP contribution in [0, 0.1) is 6.92 Å². The molecule has 1 aromatic heterocycles. The highest BCUT2D eigenvalue weighted by Gasteiger charge is 2.35. The van der Waals surface area contributed by atoms with E-state index in [2.05, 4.69) is 5.10 Å². The van der Waals surface area contributed by atoms with Gasteiger partial charge in [-0.05, 0) is 26.7 Å². The van der Waals surface area contributed by atoms with Gasteiger partial charge in [-0.15, -0.1) is 0 Å². The number of hydrogen-bond donors (Lipinski definition) is 2. The molecule has 1 saturated heterocycles. The number of carbonyl (C=O) groups is 2. The van der Waals surface area contributed by atoms with E-state index in [0.29, 0.717) is 36.6 Å². The molecule has 2 heterocycles. The molecule has 0 aromatic carbocycles. The predicted molar refractivity (Wildman–Crippen MR) is 70.3 cm³/mol. The molecule has 2 rings (SSSR count). The number of carbonyl (C=O) groups excluding carboxylic acids is 2. The Hall–Kier alpha value is -2.05. The van der Waals surface area contributed by atoms with E-state index in [1.54, 1.807) is 11.6 Å². The van der Waals surface area contributed by atoms with Gasteiger partial charge in [0.2, 0.25) is 5.91 Å². The molecule has 104 valence electrons. The Labute approximate surface area is 111 Å². The first-order valence-electron chi connectivity index (χ1n) is 6.40. The van der Waals surface area contributed by atoms with Crippen molar-refractivity contribution >= 4 is 17.5 Å². The first-order chi connectivity index (χ1) is 8.97. The molecule has 1 atom stereocenters. The fourth-order valence-corrected chi connectivity index (χ4v) is 2.49. The van der Waals surface area contributed by atoms with Crippen LogP contribution in [0.1, 0.15) is 35.9 Å². The number of aromatic nitrogens is 2. The molecule has 2 amide bonds. The minimum absolute atomic E-state index is 0.263. The van der Waals surface area contributed by atoms with Crippen LogP contribution in [0.5, 0.6) is 0 Å². The largest absolute Gasteiger partial charge is 0.395 e. The highest BCUT2D eigenvalue weighted by molar-refractivity contribution is 6.00. The lowest BCUT2D eigenvalue weighted by molar-refractivity contribution is -0.121. The second-order valence-corrected chi connectivity index (χ2v) is 4.72.